The van der Waals surface area contributed by atoms with Gasteiger partial charge in [0, 0.05) is 38.8 Å². The van der Waals surface area contributed by atoms with E-state index in [0.717, 1.165) is 13.1 Å². The fraction of sp³-hybridized carbons (Fsp3) is 0.571. The molecule has 0 bridgehead atoms. The molecule has 0 spiro atoms. The SMILES string of the molecule is NCc1ccc(S(=O)(=O)N2CCN(C3CC3)CC2)c(F)c1. The zero-order valence-electron chi connectivity index (χ0n) is 11.8. The summed E-state index contributed by atoms with van der Waals surface area (Å²) >= 11 is 0. The Balaban J connectivity index is 1.77. The van der Waals surface area contributed by atoms with E-state index in [-0.39, 0.29) is 11.4 Å². The van der Waals surface area contributed by atoms with Crippen LogP contribution in [0.5, 0.6) is 0 Å². The molecule has 1 saturated heterocycles. The number of nitrogens with two attached hydrogens (primary N) is 1. The van der Waals surface area contributed by atoms with Crippen LogP contribution in [-0.4, -0.2) is 49.8 Å². The first kappa shape index (κ1) is 14.9. The van der Waals surface area contributed by atoms with Gasteiger partial charge < -0.3 is 5.73 Å². The van der Waals surface area contributed by atoms with Crippen molar-refractivity contribution in [3.63, 3.8) is 0 Å². The highest BCUT2D eigenvalue weighted by Crippen LogP contribution is 2.29. The second kappa shape index (κ2) is 5.64. The van der Waals surface area contributed by atoms with Gasteiger partial charge in [-0.3, -0.25) is 4.90 Å². The van der Waals surface area contributed by atoms with E-state index in [1.54, 1.807) is 6.07 Å². The standard InChI is InChI=1S/C14H20FN3O2S/c15-13-9-11(10-16)1-4-14(13)21(19,20)18-7-5-17(6-8-18)12-2-3-12/h1,4,9,12H,2-3,5-8,10,16H2. The normalized spacial score (nSPS) is 21.6. The molecule has 1 aliphatic carbocycles. The van der Waals surface area contributed by atoms with Gasteiger partial charge in [0.1, 0.15) is 10.7 Å². The summed E-state index contributed by atoms with van der Waals surface area (Å²) in [5.41, 5.74) is 6.03. The van der Waals surface area contributed by atoms with Crippen LogP contribution in [0.25, 0.3) is 0 Å². The van der Waals surface area contributed by atoms with Crippen LogP contribution < -0.4 is 5.73 Å². The summed E-state index contributed by atoms with van der Waals surface area (Å²) in [6, 6.07) is 4.72. The molecule has 7 heteroatoms. The average Bonchev–Trinajstić information content (AvgIpc) is 3.31. The number of hydrogen-bond acceptors (Lipinski definition) is 4. The smallest absolute Gasteiger partial charge is 0.246 e. The average molecular weight is 313 g/mol. The van der Waals surface area contributed by atoms with Crippen molar-refractivity contribution < 1.29 is 12.8 Å². The van der Waals surface area contributed by atoms with Crippen LogP contribution in [0.2, 0.25) is 0 Å². The molecule has 21 heavy (non-hydrogen) atoms. The third-order valence-corrected chi connectivity index (χ3v) is 6.12. The fourth-order valence-corrected chi connectivity index (χ4v) is 4.24. The summed E-state index contributed by atoms with van der Waals surface area (Å²) in [6.07, 6.45) is 2.42. The minimum atomic E-state index is -3.76. The van der Waals surface area contributed by atoms with Gasteiger partial charge in [0.25, 0.3) is 0 Å². The van der Waals surface area contributed by atoms with Gasteiger partial charge >= 0.3 is 0 Å². The molecular formula is C14H20FN3O2S. The second-order valence-corrected chi connectivity index (χ2v) is 7.55. The molecule has 0 radical (unpaired) electrons. The molecule has 1 aromatic carbocycles. The molecule has 1 saturated carbocycles. The topological polar surface area (TPSA) is 66.6 Å². The molecule has 1 aliphatic heterocycles. The van der Waals surface area contributed by atoms with E-state index >= 15 is 0 Å². The Bertz CT molecular complexity index is 623. The Morgan fingerprint density at radius 1 is 1.19 bits per heavy atom. The summed E-state index contributed by atoms with van der Waals surface area (Å²) in [5.74, 6) is -0.720. The molecule has 0 unspecified atom stereocenters. The van der Waals surface area contributed by atoms with E-state index in [4.69, 9.17) is 5.73 Å². The van der Waals surface area contributed by atoms with E-state index in [1.165, 1.54) is 29.3 Å². The molecule has 0 amide bonds. The highest BCUT2D eigenvalue weighted by Gasteiger charge is 2.35. The highest BCUT2D eigenvalue weighted by molar-refractivity contribution is 7.89. The maximum Gasteiger partial charge on any atom is 0.246 e. The molecule has 0 atom stereocenters. The van der Waals surface area contributed by atoms with Crippen LogP contribution in [0.1, 0.15) is 18.4 Å². The largest absolute Gasteiger partial charge is 0.326 e. The first-order chi connectivity index (χ1) is 10.0. The fourth-order valence-electron chi connectivity index (χ4n) is 2.77. The number of halogens is 1. The lowest BCUT2D eigenvalue weighted by molar-refractivity contribution is 0.180. The van der Waals surface area contributed by atoms with Crippen molar-refractivity contribution in [3.8, 4) is 0 Å². The first-order valence-corrected chi connectivity index (χ1v) is 8.69. The van der Waals surface area contributed by atoms with Gasteiger partial charge in [-0.05, 0) is 30.5 Å². The number of rotatable bonds is 4. The van der Waals surface area contributed by atoms with E-state index in [9.17, 15) is 12.8 Å². The third-order valence-electron chi connectivity index (χ3n) is 4.19. The van der Waals surface area contributed by atoms with Crippen LogP contribution in [0, 0.1) is 5.82 Å². The Morgan fingerprint density at radius 2 is 1.86 bits per heavy atom. The monoisotopic (exact) mass is 313 g/mol. The molecule has 0 aromatic heterocycles. The van der Waals surface area contributed by atoms with Crippen molar-refractivity contribution in [2.75, 3.05) is 26.2 Å². The van der Waals surface area contributed by atoms with Gasteiger partial charge in [-0.25, -0.2) is 12.8 Å². The molecule has 2 fully saturated rings. The number of benzene rings is 1. The number of piperazine rings is 1. The quantitative estimate of drug-likeness (QED) is 0.891. The molecule has 2 N–H and O–H groups in total. The van der Waals surface area contributed by atoms with Gasteiger partial charge in [0.2, 0.25) is 10.0 Å². The minimum absolute atomic E-state index is 0.192. The van der Waals surface area contributed by atoms with Crippen LogP contribution in [0.3, 0.4) is 0 Å². The molecule has 2 aliphatic rings. The number of sulfonamides is 1. The van der Waals surface area contributed by atoms with Gasteiger partial charge in [0.05, 0.1) is 0 Å². The first-order valence-electron chi connectivity index (χ1n) is 7.25. The molecule has 3 rings (SSSR count). The van der Waals surface area contributed by atoms with Gasteiger partial charge in [-0.15, -0.1) is 0 Å². The summed E-state index contributed by atoms with van der Waals surface area (Å²) in [6.45, 7) is 2.50. The van der Waals surface area contributed by atoms with Crippen molar-refractivity contribution >= 4 is 10.0 Å². The zero-order valence-corrected chi connectivity index (χ0v) is 12.7. The van der Waals surface area contributed by atoms with Crippen LogP contribution in [-0.2, 0) is 16.6 Å². The van der Waals surface area contributed by atoms with Crippen molar-refractivity contribution in [2.45, 2.75) is 30.3 Å². The third kappa shape index (κ3) is 2.96. The van der Waals surface area contributed by atoms with Crippen molar-refractivity contribution in [1.29, 1.82) is 0 Å². The predicted molar refractivity (Wildman–Crippen MR) is 77.6 cm³/mol. The van der Waals surface area contributed by atoms with Crippen LogP contribution >= 0.6 is 0 Å². The Hall–Kier alpha value is -1.02. The Labute approximate surface area is 124 Å². The lowest BCUT2D eigenvalue weighted by atomic mass is 10.2. The Morgan fingerprint density at radius 3 is 2.38 bits per heavy atom. The Kier molecular flexibility index (Phi) is 4.00. The van der Waals surface area contributed by atoms with Crippen molar-refractivity contribution in [3.05, 3.63) is 29.6 Å². The van der Waals surface area contributed by atoms with E-state index in [1.807, 2.05) is 0 Å². The molecule has 1 heterocycles. The number of hydrogen-bond donors (Lipinski definition) is 1. The highest BCUT2D eigenvalue weighted by atomic mass is 32.2. The second-order valence-electron chi connectivity index (χ2n) is 5.64. The lowest BCUT2D eigenvalue weighted by Gasteiger charge is -2.34. The van der Waals surface area contributed by atoms with Gasteiger partial charge in [0.15, 0.2) is 0 Å². The summed E-state index contributed by atoms with van der Waals surface area (Å²) < 4.78 is 40.5. The molecule has 1 aromatic rings. The van der Waals surface area contributed by atoms with E-state index in [0.29, 0.717) is 24.7 Å². The lowest BCUT2D eigenvalue weighted by Crippen LogP contribution is -2.49. The maximum absolute atomic E-state index is 14.0. The van der Waals surface area contributed by atoms with Gasteiger partial charge in [-0.2, -0.15) is 4.31 Å². The molecular weight excluding hydrogens is 293 g/mol. The number of nitrogens with zero attached hydrogens (tertiary/aromatic N) is 2. The van der Waals surface area contributed by atoms with Crippen LogP contribution in [0.15, 0.2) is 23.1 Å². The van der Waals surface area contributed by atoms with Gasteiger partial charge in [-0.1, -0.05) is 6.07 Å². The van der Waals surface area contributed by atoms with Crippen molar-refractivity contribution in [1.82, 2.24) is 9.21 Å². The summed E-state index contributed by atoms with van der Waals surface area (Å²) in [5, 5.41) is 0. The minimum Gasteiger partial charge on any atom is -0.326 e. The molecule has 5 nitrogen and oxygen atoms in total. The van der Waals surface area contributed by atoms with Crippen molar-refractivity contribution in [2.24, 2.45) is 5.73 Å². The van der Waals surface area contributed by atoms with Crippen LogP contribution in [0.4, 0.5) is 4.39 Å². The predicted octanol–water partition coefficient (Wildman–Crippen LogP) is 0.753. The van der Waals surface area contributed by atoms with E-state index in [2.05, 4.69) is 4.90 Å². The summed E-state index contributed by atoms with van der Waals surface area (Å²) in [7, 11) is -3.76. The van der Waals surface area contributed by atoms with E-state index < -0.39 is 15.8 Å². The zero-order chi connectivity index (χ0) is 15.0. The summed E-state index contributed by atoms with van der Waals surface area (Å²) in [4.78, 5) is 2.07. The maximum atomic E-state index is 14.0. The molecule has 116 valence electrons.